The highest BCUT2D eigenvalue weighted by Gasteiger charge is 2.10. The summed E-state index contributed by atoms with van der Waals surface area (Å²) in [5, 5.41) is 8.06. The standard InChI is InChI=1S/C18H18N4OS/c1-14(13-22-12-4-11-20-22)21-18(23)15-6-8-16(9-7-15)24-17-5-2-3-10-19-17/h2-12,14H,13H2,1H3,(H,21,23). The third-order valence-corrected chi connectivity index (χ3v) is 4.33. The minimum Gasteiger partial charge on any atom is -0.348 e. The molecule has 2 aromatic heterocycles. The largest absolute Gasteiger partial charge is 0.348 e. The number of nitrogens with zero attached hydrogens (tertiary/aromatic N) is 3. The van der Waals surface area contributed by atoms with E-state index in [1.165, 1.54) is 0 Å². The van der Waals surface area contributed by atoms with E-state index in [0.717, 1.165) is 9.92 Å². The van der Waals surface area contributed by atoms with E-state index in [-0.39, 0.29) is 11.9 Å². The number of benzene rings is 1. The molecule has 0 saturated heterocycles. The molecular weight excluding hydrogens is 320 g/mol. The molecule has 0 aliphatic carbocycles. The van der Waals surface area contributed by atoms with Crippen LogP contribution in [0.2, 0.25) is 0 Å². The van der Waals surface area contributed by atoms with Crippen LogP contribution in [-0.4, -0.2) is 26.7 Å². The molecule has 0 saturated carbocycles. The zero-order valence-corrected chi connectivity index (χ0v) is 14.1. The van der Waals surface area contributed by atoms with Gasteiger partial charge in [0.05, 0.1) is 6.54 Å². The fraction of sp³-hybridized carbons (Fsp3) is 0.167. The molecule has 1 amide bonds. The Kier molecular flexibility index (Phi) is 5.28. The number of rotatable bonds is 6. The van der Waals surface area contributed by atoms with Crippen LogP contribution in [0.4, 0.5) is 0 Å². The highest BCUT2D eigenvalue weighted by atomic mass is 32.2. The lowest BCUT2D eigenvalue weighted by atomic mass is 10.2. The van der Waals surface area contributed by atoms with Gasteiger partial charge in [0.15, 0.2) is 0 Å². The van der Waals surface area contributed by atoms with Crippen LogP contribution in [-0.2, 0) is 6.54 Å². The Morgan fingerprint density at radius 2 is 2.00 bits per heavy atom. The molecule has 1 aromatic carbocycles. The van der Waals surface area contributed by atoms with Crippen molar-refractivity contribution in [2.24, 2.45) is 0 Å². The number of carbonyl (C=O) groups excluding carboxylic acids is 1. The number of hydrogen-bond donors (Lipinski definition) is 1. The third kappa shape index (κ3) is 4.45. The van der Waals surface area contributed by atoms with Crippen LogP contribution < -0.4 is 5.32 Å². The molecule has 2 heterocycles. The zero-order chi connectivity index (χ0) is 16.8. The van der Waals surface area contributed by atoms with Crippen LogP contribution in [0.5, 0.6) is 0 Å². The summed E-state index contributed by atoms with van der Waals surface area (Å²) in [5.41, 5.74) is 0.646. The molecule has 1 atom stereocenters. The van der Waals surface area contributed by atoms with E-state index in [0.29, 0.717) is 12.1 Å². The molecule has 0 bridgehead atoms. The van der Waals surface area contributed by atoms with Crippen molar-refractivity contribution >= 4 is 17.7 Å². The van der Waals surface area contributed by atoms with Gasteiger partial charge in [-0.1, -0.05) is 17.8 Å². The van der Waals surface area contributed by atoms with Crippen LogP contribution in [0, 0.1) is 0 Å². The number of carbonyl (C=O) groups is 1. The zero-order valence-electron chi connectivity index (χ0n) is 13.3. The molecule has 6 heteroatoms. The van der Waals surface area contributed by atoms with E-state index in [2.05, 4.69) is 15.4 Å². The summed E-state index contributed by atoms with van der Waals surface area (Å²) in [6.45, 7) is 2.61. The first kappa shape index (κ1) is 16.3. The van der Waals surface area contributed by atoms with Gasteiger partial charge in [-0.2, -0.15) is 5.10 Å². The van der Waals surface area contributed by atoms with Gasteiger partial charge in [-0.05, 0) is 49.4 Å². The molecule has 122 valence electrons. The van der Waals surface area contributed by atoms with Crippen LogP contribution in [0.25, 0.3) is 0 Å². The molecule has 0 spiro atoms. The predicted molar refractivity (Wildman–Crippen MR) is 94.0 cm³/mol. The van der Waals surface area contributed by atoms with Crippen molar-refractivity contribution in [1.82, 2.24) is 20.1 Å². The first-order chi connectivity index (χ1) is 11.7. The monoisotopic (exact) mass is 338 g/mol. The Bertz CT molecular complexity index is 773. The van der Waals surface area contributed by atoms with E-state index in [4.69, 9.17) is 0 Å². The molecule has 0 fully saturated rings. The van der Waals surface area contributed by atoms with Gasteiger partial charge in [0, 0.05) is 35.1 Å². The first-order valence-electron chi connectivity index (χ1n) is 7.68. The second-order valence-electron chi connectivity index (χ2n) is 5.40. The van der Waals surface area contributed by atoms with Crippen molar-refractivity contribution in [1.29, 1.82) is 0 Å². The highest BCUT2D eigenvalue weighted by molar-refractivity contribution is 7.99. The van der Waals surface area contributed by atoms with Gasteiger partial charge in [-0.3, -0.25) is 9.48 Å². The highest BCUT2D eigenvalue weighted by Crippen LogP contribution is 2.25. The quantitative estimate of drug-likeness (QED) is 0.749. The maximum Gasteiger partial charge on any atom is 0.251 e. The van der Waals surface area contributed by atoms with Crippen molar-refractivity contribution < 1.29 is 4.79 Å². The molecule has 1 N–H and O–H groups in total. The Morgan fingerprint density at radius 1 is 1.17 bits per heavy atom. The van der Waals surface area contributed by atoms with Gasteiger partial charge in [0.2, 0.25) is 0 Å². The predicted octanol–water partition coefficient (Wildman–Crippen LogP) is 3.25. The van der Waals surface area contributed by atoms with Gasteiger partial charge in [-0.25, -0.2) is 4.98 Å². The number of amides is 1. The third-order valence-electron chi connectivity index (χ3n) is 3.37. The Balaban J connectivity index is 1.57. The van der Waals surface area contributed by atoms with E-state index >= 15 is 0 Å². The van der Waals surface area contributed by atoms with Gasteiger partial charge in [0.1, 0.15) is 5.03 Å². The second-order valence-corrected chi connectivity index (χ2v) is 6.49. The summed E-state index contributed by atoms with van der Waals surface area (Å²) in [5.74, 6) is -0.0796. The Hall–Kier alpha value is -2.60. The maximum absolute atomic E-state index is 12.3. The molecule has 0 radical (unpaired) electrons. The Morgan fingerprint density at radius 3 is 2.67 bits per heavy atom. The summed E-state index contributed by atoms with van der Waals surface area (Å²) < 4.78 is 1.80. The number of nitrogens with one attached hydrogen (secondary N) is 1. The van der Waals surface area contributed by atoms with Gasteiger partial charge in [0.25, 0.3) is 5.91 Å². The maximum atomic E-state index is 12.3. The minimum atomic E-state index is -0.0796. The lowest BCUT2D eigenvalue weighted by Crippen LogP contribution is -2.35. The first-order valence-corrected chi connectivity index (χ1v) is 8.49. The molecule has 1 unspecified atom stereocenters. The van der Waals surface area contributed by atoms with Crippen molar-refractivity contribution in [3.8, 4) is 0 Å². The van der Waals surface area contributed by atoms with E-state index in [1.54, 1.807) is 28.8 Å². The van der Waals surface area contributed by atoms with Crippen molar-refractivity contribution in [3.05, 3.63) is 72.7 Å². The molecule has 3 rings (SSSR count). The van der Waals surface area contributed by atoms with Crippen molar-refractivity contribution in [3.63, 3.8) is 0 Å². The molecular formula is C18H18N4OS. The van der Waals surface area contributed by atoms with Crippen LogP contribution >= 0.6 is 11.8 Å². The SMILES string of the molecule is CC(Cn1cccn1)NC(=O)c1ccc(Sc2ccccn2)cc1. The van der Waals surface area contributed by atoms with Crippen LogP contribution in [0.3, 0.4) is 0 Å². The molecule has 5 nitrogen and oxygen atoms in total. The average Bonchev–Trinajstić information content (AvgIpc) is 3.09. The molecule has 24 heavy (non-hydrogen) atoms. The van der Waals surface area contributed by atoms with Gasteiger partial charge < -0.3 is 5.32 Å². The average molecular weight is 338 g/mol. The van der Waals surface area contributed by atoms with E-state index < -0.39 is 0 Å². The normalized spacial score (nSPS) is 11.9. The summed E-state index contributed by atoms with van der Waals surface area (Å²) in [6, 6.07) is 15.2. The fourth-order valence-corrected chi connectivity index (χ4v) is 3.02. The summed E-state index contributed by atoms with van der Waals surface area (Å²) in [6.07, 6.45) is 5.38. The topological polar surface area (TPSA) is 59.8 Å². The molecule has 0 aliphatic rings. The smallest absolute Gasteiger partial charge is 0.251 e. The van der Waals surface area contributed by atoms with Crippen molar-refractivity contribution in [2.75, 3.05) is 0 Å². The van der Waals surface area contributed by atoms with Crippen LogP contribution in [0.1, 0.15) is 17.3 Å². The summed E-state index contributed by atoms with van der Waals surface area (Å²) in [7, 11) is 0. The number of pyridine rings is 1. The van der Waals surface area contributed by atoms with Crippen molar-refractivity contribution in [2.45, 2.75) is 29.4 Å². The molecule has 3 aromatic rings. The van der Waals surface area contributed by atoms with E-state index in [1.807, 2.05) is 61.7 Å². The lowest BCUT2D eigenvalue weighted by molar-refractivity contribution is 0.0936. The Labute approximate surface area is 145 Å². The van der Waals surface area contributed by atoms with Crippen LogP contribution in [0.15, 0.2) is 77.0 Å². The summed E-state index contributed by atoms with van der Waals surface area (Å²) >= 11 is 1.57. The fourth-order valence-electron chi connectivity index (χ4n) is 2.24. The minimum absolute atomic E-state index is 0.0000275. The van der Waals surface area contributed by atoms with Gasteiger partial charge in [-0.15, -0.1) is 0 Å². The number of hydrogen-bond acceptors (Lipinski definition) is 4. The van der Waals surface area contributed by atoms with Gasteiger partial charge >= 0.3 is 0 Å². The molecule has 0 aliphatic heterocycles. The lowest BCUT2D eigenvalue weighted by Gasteiger charge is -2.14. The van der Waals surface area contributed by atoms with E-state index in [9.17, 15) is 4.79 Å². The number of aromatic nitrogens is 3. The second kappa shape index (κ2) is 7.79. The summed E-state index contributed by atoms with van der Waals surface area (Å²) in [4.78, 5) is 17.6.